The van der Waals surface area contributed by atoms with Crippen LogP contribution >= 0.6 is 0 Å². The Morgan fingerprint density at radius 3 is 2.88 bits per heavy atom. The fourth-order valence-electron chi connectivity index (χ4n) is 3.05. The third-order valence-electron chi connectivity index (χ3n) is 4.36. The molecule has 0 aliphatic carbocycles. The highest BCUT2D eigenvalue weighted by molar-refractivity contribution is 5.68. The van der Waals surface area contributed by atoms with E-state index in [0.717, 1.165) is 75.1 Å². The average Bonchev–Trinajstić information content (AvgIpc) is 3.06. The van der Waals surface area contributed by atoms with Crippen LogP contribution in [-0.4, -0.2) is 51.7 Å². The number of morpholine rings is 1. The Kier molecular flexibility index (Phi) is 6.44. The van der Waals surface area contributed by atoms with Gasteiger partial charge in [0.05, 0.1) is 18.8 Å². The van der Waals surface area contributed by atoms with Crippen LogP contribution in [0.5, 0.6) is 0 Å². The molecule has 6 heteroatoms. The molecule has 1 fully saturated rings. The van der Waals surface area contributed by atoms with Gasteiger partial charge in [-0.3, -0.25) is 0 Å². The first kappa shape index (κ1) is 17.9. The molecule has 3 rings (SSSR count). The number of aromatic nitrogens is 1. The van der Waals surface area contributed by atoms with E-state index < -0.39 is 0 Å². The topological polar surface area (TPSA) is 59.8 Å². The largest absolute Gasteiger partial charge is 0.385 e. The maximum atomic E-state index is 5.76. The number of anilines is 1. The fourth-order valence-corrected chi connectivity index (χ4v) is 3.05. The Labute approximate surface area is 149 Å². The molecule has 0 unspecified atom stereocenters. The molecule has 136 valence electrons. The zero-order valence-corrected chi connectivity index (χ0v) is 15.1. The maximum Gasteiger partial charge on any atom is 0.232 e. The Morgan fingerprint density at radius 1 is 1.28 bits per heavy atom. The van der Waals surface area contributed by atoms with Crippen LogP contribution in [0.2, 0.25) is 0 Å². The average molecular weight is 345 g/mol. The van der Waals surface area contributed by atoms with Crippen molar-refractivity contribution in [1.82, 2.24) is 10.5 Å². The molecule has 1 N–H and O–H groups in total. The van der Waals surface area contributed by atoms with E-state index in [1.165, 1.54) is 5.56 Å². The quantitative estimate of drug-likeness (QED) is 0.742. The second-order valence-electron chi connectivity index (χ2n) is 6.31. The Balaban J connectivity index is 1.82. The minimum Gasteiger partial charge on any atom is -0.385 e. The molecule has 0 atom stereocenters. The molecule has 2 aromatic rings. The van der Waals surface area contributed by atoms with Gasteiger partial charge in [-0.2, -0.15) is 0 Å². The van der Waals surface area contributed by atoms with Gasteiger partial charge in [0.15, 0.2) is 0 Å². The number of ether oxygens (including phenoxy) is 2. The summed E-state index contributed by atoms with van der Waals surface area (Å²) in [5.74, 6) is 0.860. The van der Waals surface area contributed by atoms with Crippen LogP contribution in [0.1, 0.15) is 17.5 Å². The molecule has 0 amide bonds. The summed E-state index contributed by atoms with van der Waals surface area (Å²) in [5, 5.41) is 7.88. The van der Waals surface area contributed by atoms with Gasteiger partial charge in [-0.25, -0.2) is 0 Å². The van der Waals surface area contributed by atoms with Crippen LogP contribution in [0.4, 0.5) is 5.88 Å². The van der Waals surface area contributed by atoms with Crippen molar-refractivity contribution < 1.29 is 14.0 Å². The summed E-state index contributed by atoms with van der Waals surface area (Å²) in [7, 11) is 1.73. The smallest absolute Gasteiger partial charge is 0.232 e. The summed E-state index contributed by atoms with van der Waals surface area (Å²) >= 11 is 0. The first-order valence-electron chi connectivity index (χ1n) is 8.87. The molecule has 1 aromatic carbocycles. The van der Waals surface area contributed by atoms with E-state index in [-0.39, 0.29) is 0 Å². The minimum absolute atomic E-state index is 0.723. The van der Waals surface area contributed by atoms with E-state index in [1.54, 1.807) is 7.11 Å². The van der Waals surface area contributed by atoms with Gasteiger partial charge in [-0.15, -0.1) is 0 Å². The highest BCUT2D eigenvalue weighted by atomic mass is 16.5. The van der Waals surface area contributed by atoms with Crippen LogP contribution in [0.3, 0.4) is 0 Å². The van der Waals surface area contributed by atoms with Crippen molar-refractivity contribution in [3.63, 3.8) is 0 Å². The standard InChI is InChI=1S/C19H27N3O3/c1-15-5-3-6-16(13-15)18-17(14-20-7-4-10-23-2)19(25-21-18)22-8-11-24-12-9-22/h3,5-6,13,20H,4,7-12,14H2,1-2H3. The zero-order chi connectivity index (χ0) is 17.5. The van der Waals surface area contributed by atoms with E-state index in [0.29, 0.717) is 0 Å². The van der Waals surface area contributed by atoms with Gasteiger partial charge in [-0.1, -0.05) is 28.9 Å². The number of rotatable bonds is 8. The normalized spacial score (nSPS) is 14.9. The van der Waals surface area contributed by atoms with E-state index >= 15 is 0 Å². The molecule has 0 radical (unpaired) electrons. The molecule has 0 spiro atoms. The van der Waals surface area contributed by atoms with Crippen LogP contribution in [0, 0.1) is 6.92 Å². The van der Waals surface area contributed by atoms with Crippen LogP contribution in [-0.2, 0) is 16.0 Å². The summed E-state index contributed by atoms with van der Waals surface area (Å²) in [6, 6.07) is 8.39. The number of nitrogens with zero attached hydrogens (tertiary/aromatic N) is 2. The van der Waals surface area contributed by atoms with E-state index in [9.17, 15) is 0 Å². The number of methoxy groups -OCH3 is 1. The molecular weight excluding hydrogens is 318 g/mol. The lowest BCUT2D eigenvalue weighted by molar-refractivity contribution is 0.120. The van der Waals surface area contributed by atoms with Gasteiger partial charge < -0.3 is 24.2 Å². The van der Waals surface area contributed by atoms with Gasteiger partial charge in [0.25, 0.3) is 0 Å². The summed E-state index contributed by atoms with van der Waals surface area (Å²) in [5.41, 5.74) is 4.35. The van der Waals surface area contributed by atoms with Crippen molar-refractivity contribution in [2.75, 3.05) is 51.5 Å². The highest BCUT2D eigenvalue weighted by Crippen LogP contribution is 2.32. The second-order valence-corrected chi connectivity index (χ2v) is 6.31. The van der Waals surface area contributed by atoms with Gasteiger partial charge >= 0.3 is 0 Å². The highest BCUT2D eigenvalue weighted by Gasteiger charge is 2.23. The summed E-state index contributed by atoms with van der Waals surface area (Å²) in [6.45, 7) is 7.59. The van der Waals surface area contributed by atoms with Crippen LogP contribution in [0.25, 0.3) is 11.3 Å². The minimum atomic E-state index is 0.723. The third kappa shape index (κ3) is 4.60. The first-order valence-corrected chi connectivity index (χ1v) is 8.87. The molecule has 6 nitrogen and oxygen atoms in total. The molecule has 0 saturated carbocycles. The Bertz CT molecular complexity index is 666. The second kappa shape index (κ2) is 8.99. The number of nitrogens with one attached hydrogen (secondary N) is 1. The van der Waals surface area contributed by atoms with Gasteiger partial charge in [0.1, 0.15) is 5.69 Å². The number of hydrogen-bond donors (Lipinski definition) is 1. The molecule has 1 saturated heterocycles. The summed E-state index contributed by atoms with van der Waals surface area (Å²) in [6.07, 6.45) is 0.981. The van der Waals surface area contributed by atoms with E-state index in [4.69, 9.17) is 14.0 Å². The molecule has 1 aliphatic rings. The zero-order valence-electron chi connectivity index (χ0n) is 15.1. The van der Waals surface area contributed by atoms with Crippen molar-refractivity contribution in [2.24, 2.45) is 0 Å². The van der Waals surface area contributed by atoms with Gasteiger partial charge in [0.2, 0.25) is 5.88 Å². The van der Waals surface area contributed by atoms with Crippen LogP contribution < -0.4 is 10.2 Å². The van der Waals surface area contributed by atoms with Crippen molar-refractivity contribution in [3.05, 3.63) is 35.4 Å². The molecule has 1 aromatic heterocycles. The maximum absolute atomic E-state index is 5.76. The molecule has 25 heavy (non-hydrogen) atoms. The van der Waals surface area contributed by atoms with E-state index in [2.05, 4.69) is 46.6 Å². The van der Waals surface area contributed by atoms with E-state index in [1.807, 2.05) is 0 Å². The molecular formula is C19H27N3O3. The van der Waals surface area contributed by atoms with Crippen molar-refractivity contribution in [1.29, 1.82) is 0 Å². The predicted octanol–water partition coefficient (Wildman–Crippen LogP) is 2.61. The fraction of sp³-hybridized carbons (Fsp3) is 0.526. The van der Waals surface area contributed by atoms with Gasteiger partial charge in [0, 0.05) is 38.9 Å². The number of aryl methyl sites for hydroxylation is 1. The summed E-state index contributed by atoms with van der Waals surface area (Å²) in [4.78, 5) is 2.22. The van der Waals surface area contributed by atoms with Crippen molar-refractivity contribution in [2.45, 2.75) is 19.9 Å². The van der Waals surface area contributed by atoms with Gasteiger partial charge in [-0.05, 0) is 26.0 Å². The number of benzene rings is 1. The molecule has 1 aliphatic heterocycles. The van der Waals surface area contributed by atoms with Crippen molar-refractivity contribution in [3.8, 4) is 11.3 Å². The molecule has 2 heterocycles. The lowest BCUT2D eigenvalue weighted by Gasteiger charge is -2.26. The lowest BCUT2D eigenvalue weighted by atomic mass is 10.0. The Hall–Kier alpha value is -1.89. The SMILES string of the molecule is COCCCNCc1c(-c2cccc(C)c2)noc1N1CCOCC1. The number of hydrogen-bond acceptors (Lipinski definition) is 6. The molecule has 0 bridgehead atoms. The Morgan fingerprint density at radius 2 is 2.12 bits per heavy atom. The lowest BCUT2D eigenvalue weighted by Crippen LogP contribution is -2.36. The predicted molar refractivity (Wildman–Crippen MR) is 97.9 cm³/mol. The van der Waals surface area contributed by atoms with Crippen LogP contribution in [0.15, 0.2) is 28.8 Å². The van der Waals surface area contributed by atoms with Crippen molar-refractivity contribution >= 4 is 5.88 Å². The third-order valence-corrected chi connectivity index (χ3v) is 4.36. The first-order chi connectivity index (χ1) is 12.3. The monoisotopic (exact) mass is 345 g/mol. The summed E-state index contributed by atoms with van der Waals surface area (Å²) < 4.78 is 16.3.